The zero-order valence-corrected chi connectivity index (χ0v) is 11.1. The van der Waals surface area contributed by atoms with Crippen molar-refractivity contribution in [3.63, 3.8) is 0 Å². The predicted molar refractivity (Wildman–Crippen MR) is 66.4 cm³/mol. The van der Waals surface area contributed by atoms with Crippen LogP contribution in [0.15, 0.2) is 0 Å². The van der Waals surface area contributed by atoms with Crippen LogP contribution in [0.1, 0.15) is 32.1 Å². The first-order valence-electron chi connectivity index (χ1n) is 5.82. The van der Waals surface area contributed by atoms with Crippen LogP contribution in [0.3, 0.4) is 0 Å². The molecule has 7 N–H and O–H groups in total. The molecule has 0 aromatic carbocycles. The van der Waals surface area contributed by atoms with Crippen molar-refractivity contribution in [2.45, 2.75) is 38.1 Å². The van der Waals surface area contributed by atoms with Crippen molar-refractivity contribution in [1.29, 1.82) is 0 Å². The van der Waals surface area contributed by atoms with E-state index in [0.717, 1.165) is 19.1 Å². The summed E-state index contributed by atoms with van der Waals surface area (Å²) in [6.45, 7) is 1.77. The Balaban J connectivity index is 0.000000494. The van der Waals surface area contributed by atoms with Crippen LogP contribution in [0.2, 0.25) is 0 Å². The second-order valence-electron chi connectivity index (χ2n) is 4.10. The molecule has 1 aliphatic carbocycles. The fourth-order valence-corrected chi connectivity index (χ4v) is 1.79. The molecule has 0 radical (unpaired) electrons. The van der Waals surface area contributed by atoms with Crippen LogP contribution in [0, 0.1) is 0 Å². The van der Waals surface area contributed by atoms with E-state index in [1.807, 2.05) is 0 Å². The van der Waals surface area contributed by atoms with Gasteiger partial charge < -0.3 is 9.87 Å². The molecule has 0 atom stereocenters. The molecule has 1 rings (SSSR count). The van der Waals surface area contributed by atoms with E-state index in [9.17, 15) is 0 Å². The third-order valence-corrected chi connectivity index (χ3v) is 2.49. The zero-order chi connectivity index (χ0) is 14.0. The quantitative estimate of drug-likeness (QED) is 0.123. The third-order valence-electron chi connectivity index (χ3n) is 2.49. The number of hydrogen-bond donors (Lipinski definition) is 5. The van der Waals surface area contributed by atoms with Crippen molar-refractivity contribution >= 4 is 16.4 Å². The Morgan fingerprint density at radius 1 is 1.33 bits per heavy atom. The number of nitrogens with one attached hydrogen (secondary N) is 2. The normalized spacial score (nSPS) is 16.6. The molecule has 0 aromatic heterocycles. The van der Waals surface area contributed by atoms with Crippen LogP contribution in [-0.2, 0) is 10.4 Å². The monoisotopic (exact) mass is 282 g/mol. The van der Waals surface area contributed by atoms with Gasteiger partial charge in [-0.05, 0) is 12.8 Å². The fraction of sp³-hybridized carbons (Fsp3) is 0.889. The van der Waals surface area contributed by atoms with E-state index < -0.39 is 10.4 Å². The van der Waals surface area contributed by atoms with Gasteiger partial charge in [-0.15, -0.1) is 0 Å². The second-order valence-corrected chi connectivity index (χ2v) is 4.95. The maximum Gasteiger partial charge on any atom is 0.338 e. The van der Waals surface area contributed by atoms with E-state index in [2.05, 4.69) is 10.3 Å². The van der Waals surface area contributed by atoms with E-state index in [4.69, 9.17) is 29.0 Å². The Morgan fingerprint density at radius 2 is 1.83 bits per heavy atom. The van der Waals surface area contributed by atoms with Crippen LogP contribution >= 0.6 is 0 Å². The van der Waals surface area contributed by atoms with Gasteiger partial charge >= 0.3 is 5.96 Å². The highest BCUT2D eigenvalue weighted by molar-refractivity contribution is 7.79. The van der Waals surface area contributed by atoms with Crippen LogP contribution in [0.25, 0.3) is 0 Å². The molecule has 18 heavy (non-hydrogen) atoms. The third kappa shape index (κ3) is 15.1. The lowest BCUT2D eigenvalue weighted by Gasteiger charge is -2.22. The summed E-state index contributed by atoms with van der Waals surface area (Å²) in [6.07, 6.45) is 6.79. The molecule has 1 aliphatic rings. The molecular weight excluding hydrogens is 260 g/mol. The highest BCUT2D eigenvalue weighted by Crippen LogP contribution is 2.16. The van der Waals surface area contributed by atoms with Gasteiger partial charge in [0, 0.05) is 12.6 Å². The van der Waals surface area contributed by atoms with Gasteiger partial charge in [0.25, 0.3) is 0 Å². The highest BCUT2D eigenvalue weighted by atomic mass is 32.3. The first kappa shape index (κ1) is 17.1. The van der Waals surface area contributed by atoms with Crippen LogP contribution in [-0.4, -0.2) is 42.6 Å². The smallest absolute Gasteiger partial charge is 0.338 e. The van der Waals surface area contributed by atoms with Crippen LogP contribution in [0.4, 0.5) is 0 Å². The van der Waals surface area contributed by atoms with Gasteiger partial charge in [0.05, 0.1) is 6.54 Å². The van der Waals surface area contributed by atoms with Crippen LogP contribution in [0.5, 0.6) is 0 Å². The first-order valence-corrected chi connectivity index (χ1v) is 7.19. The van der Waals surface area contributed by atoms with Crippen molar-refractivity contribution in [3.05, 3.63) is 0 Å². The second kappa shape index (κ2) is 9.09. The molecule has 1 fully saturated rings. The molecule has 0 spiro atoms. The molecule has 1 saturated carbocycles. The minimum Gasteiger partial charge on any atom is -0.726 e. The summed E-state index contributed by atoms with van der Waals surface area (Å²) in [5.74, 6) is 0.311. The molecule has 0 bridgehead atoms. The highest BCUT2D eigenvalue weighted by Gasteiger charge is 2.11. The molecule has 8 nitrogen and oxygen atoms in total. The van der Waals surface area contributed by atoms with Gasteiger partial charge in [0.2, 0.25) is 10.4 Å². The predicted octanol–water partition coefficient (Wildman–Crippen LogP) is -2.73. The first-order chi connectivity index (χ1) is 8.29. The minimum absolute atomic E-state index is 0.311. The lowest BCUT2D eigenvalue weighted by atomic mass is 9.96. The van der Waals surface area contributed by atoms with Crippen molar-refractivity contribution in [1.82, 2.24) is 5.32 Å². The molecule has 0 aliphatic heterocycles. The van der Waals surface area contributed by atoms with E-state index in [-0.39, 0.29) is 0 Å². The number of rotatable bonds is 4. The van der Waals surface area contributed by atoms with E-state index in [1.165, 1.54) is 32.1 Å². The average Bonchev–Trinajstić information content (AvgIpc) is 2.23. The summed E-state index contributed by atoms with van der Waals surface area (Å²) in [5, 5.41) is 3.49. The SMILES string of the molecule is NC(N)=[NH+]CCNC1CCCCC1.O=S(=O)([O-])O. The Morgan fingerprint density at radius 3 is 2.28 bits per heavy atom. The van der Waals surface area contributed by atoms with Crippen molar-refractivity contribution in [2.75, 3.05) is 13.1 Å². The summed E-state index contributed by atoms with van der Waals surface area (Å²) in [6, 6.07) is 0.717. The average molecular weight is 282 g/mol. The van der Waals surface area contributed by atoms with Crippen molar-refractivity contribution in [2.24, 2.45) is 11.5 Å². The molecule has 0 heterocycles. The largest absolute Gasteiger partial charge is 0.726 e. The van der Waals surface area contributed by atoms with Gasteiger partial charge in [-0.25, -0.2) is 8.42 Å². The minimum atomic E-state index is -4.92. The summed E-state index contributed by atoms with van der Waals surface area (Å²) in [7, 11) is -4.92. The lowest BCUT2D eigenvalue weighted by molar-refractivity contribution is -0.457. The van der Waals surface area contributed by atoms with Gasteiger partial charge in [-0.1, -0.05) is 19.3 Å². The molecule has 0 aromatic rings. The molecule has 0 saturated heterocycles. The number of hydrogen-bond acceptors (Lipinski definition) is 4. The summed E-state index contributed by atoms with van der Waals surface area (Å²) < 4.78 is 32.8. The zero-order valence-electron chi connectivity index (χ0n) is 10.3. The fourth-order valence-electron chi connectivity index (χ4n) is 1.79. The van der Waals surface area contributed by atoms with Gasteiger partial charge in [-0.2, -0.15) is 0 Å². The van der Waals surface area contributed by atoms with Gasteiger partial charge in [0.1, 0.15) is 0 Å². The molecule has 108 valence electrons. The molecule has 9 heteroatoms. The Bertz CT molecular complexity index is 326. The number of guanidine groups is 1. The van der Waals surface area contributed by atoms with Gasteiger partial charge in [-0.3, -0.25) is 21.0 Å². The molecular formula is C9H22N4O4S. The van der Waals surface area contributed by atoms with E-state index in [0.29, 0.717) is 5.96 Å². The maximum absolute atomic E-state index is 8.63. The van der Waals surface area contributed by atoms with Crippen molar-refractivity contribution < 1.29 is 22.5 Å². The van der Waals surface area contributed by atoms with E-state index >= 15 is 0 Å². The Hall–Kier alpha value is -0.900. The maximum atomic E-state index is 8.63. The summed E-state index contributed by atoms with van der Waals surface area (Å²) >= 11 is 0. The topological polar surface area (TPSA) is 155 Å². The standard InChI is InChI=1S/C9H20N4.H2O4S/c10-9(11)13-7-6-12-8-4-2-1-3-5-8;1-5(2,3)4/h8,12H,1-7H2,(H4,10,11,13);(H2,1,2,3,4). The van der Waals surface area contributed by atoms with E-state index in [1.54, 1.807) is 0 Å². The molecule has 0 amide bonds. The van der Waals surface area contributed by atoms with Gasteiger partial charge in [0.15, 0.2) is 0 Å². The lowest BCUT2D eigenvalue weighted by Crippen LogP contribution is -2.79. The van der Waals surface area contributed by atoms with Crippen molar-refractivity contribution in [3.8, 4) is 0 Å². The Labute approximate surface area is 107 Å². The summed E-state index contributed by atoms with van der Waals surface area (Å²) in [4.78, 5) is 2.89. The Kier molecular flexibility index (Phi) is 8.63. The number of nitrogens with two attached hydrogens (primary N) is 2. The molecule has 0 unspecified atom stereocenters. The summed E-state index contributed by atoms with van der Waals surface area (Å²) in [5.41, 5.74) is 10.5. The van der Waals surface area contributed by atoms with Crippen LogP contribution < -0.4 is 21.8 Å².